The number of aliphatic hydroxyl groups excluding tert-OH is 1. The van der Waals surface area contributed by atoms with Crippen LogP contribution in [0.25, 0.3) is 0 Å². The summed E-state index contributed by atoms with van der Waals surface area (Å²) in [6, 6.07) is 6.57. The summed E-state index contributed by atoms with van der Waals surface area (Å²) in [6.45, 7) is 5.25. The minimum atomic E-state index is -4.79. The number of benzene rings is 1. The quantitative estimate of drug-likeness (QED) is 0.117. The molecular weight excluding hydrogens is 435 g/mol. The van der Waals surface area contributed by atoms with E-state index < -0.39 is 51.2 Å². The van der Waals surface area contributed by atoms with Gasteiger partial charge in [-0.25, -0.2) is 0 Å². The molecule has 0 heterocycles. The van der Waals surface area contributed by atoms with Crippen LogP contribution in [0, 0.1) is 17.8 Å². The molecule has 9 nitrogen and oxygen atoms in total. The van der Waals surface area contributed by atoms with E-state index in [0.29, 0.717) is 6.42 Å². The van der Waals surface area contributed by atoms with Gasteiger partial charge < -0.3 is 22.7 Å². The molecule has 0 aliphatic heterocycles. The zero-order valence-electron chi connectivity index (χ0n) is 19.5. The molecule has 1 aromatic carbocycles. The summed E-state index contributed by atoms with van der Waals surface area (Å²) in [5, 5.41) is 9.65. The van der Waals surface area contributed by atoms with Crippen LogP contribution in [0.1, 0.15) is 40.6 Å². The molecule has 0 fully saturated rings. The Kier molecular flexibility index (Phi) is 13.3. The van der Waals surface area contributed by atoms with Gasteiger partial charge in [0, 0.05) is 6.04 Å². The van der Waals surface area contributed by atoms with Gasteiger partial charge in [0.05, 0.1) is 6.04 Å². The monoisotopic (exact) mass is 468 g/mol. The van der Waals surface area contributed by atoms with Gasteiger partial charge in [-0.3, -0.25) is 14.1 Å². The number of carbonyl (C=O) groups is 2. The first-order valence-electron chi connectivity index (χ1n) is 9.74. The third kappa shape index (κ3) is 10.1. The second kappa shape index (κ2) is 13.6. The number of aliphatic hydroxyl groups is 1. The number of hydrogen-bond donors (Lipinski definition) is 4. The van der Waals surface area contributed by atoms with Crippen molar-refractivity contribution in [2.45, 2.75) is 57.7 Å². The van der Waals surface area contributed by atoms with E-state index in [9.17, 15) is 23.1 Å². The molecule has 172 valence electrons. The van der Waals surface area contributed by atoms with Crippen LogP contribution in [0.5, 0.6) is 0 Å². The first-order valence-corrected chi connectivity index (χ1v) is 11.2. The number of ketones is 1. The Morgan fingerprint density at radius 1 is 1.10 bits per heavy atom. The molecular formula is C20H33N2NaO7S. The Morgan fingerprint density at radius 2 is 1.65 bits per heavy atom. The normalized spacial score (nSPS) is 16.5. The van der Waals surface area contributed by atoms with Crippen molar-refractivity contribution in [1.82, 2.24) is 0 Å². The van der Waals surface area contributed by atoms with Crippen LogP contribution in [-0.2, 0) is 31.1 Å². The van der Waals surface area contributed by atoms with E-state index in [1.807, 2.05) is 19.9 Å². The van der Waals surface area contributed by atoms with Crippen molar-refractivity contribution in [3.05, 3.63) is 35.9 Å². The van der Waals surface area contributed by atoms with Crippen LogP contribution < -0.4 is 41.0 Å². The van der Waals surface area contributed by atoms with Crippen LogP contribution in [0.2, 0.25) is 0 Å². The van der Waals surface area contributed by atoms with Crippen LogP contribution in [0.3, 0.4) is 0 Å². The van der Waals surface area contributed by atoms with Gasteiger partial charge in [-0.2, -0.15) is 8.42 Å². The maximum Gasteiger partial charge on any atom is 1.00 e. The molecule has 0 aromatic heterocycles. The number of Topliss-reactive ketones (excluding diaryl/α,β-unsaturated/α-hetero) is 1. The molecule has 1 rings (SSSR count). The number of esters is 1. The van der Waals surface area contributed by atoms with Crippen LogP contribution >= 0.6 is 0 Å². The molecule has 5 atom stereocenters. The topological polar surface area (TPSA) is 170 Å². The fourth-order valence-corrected chi connectivity index (χ4v) is 3.76. The van der Waals surface area contributed by atoms with Gasteiger partial charge in [-0.1, -0.05) is 51.1 Å². The van der Waals surface area contributed by atoms with E-state index in [1.54, 1.807) is 24.3 Å². The summed E-state index contributed by atoms with van der Waals surface area (Å²) in [5.41, 5.74) is 10.2. The average molecular weight is 469 g/mol. The van der Waals surface area contributed by atoms with E-state index in [2.05, 4.69) is 0 Å². The van der Waals surface area contributed by atoms with Crippen molar-refractivity contribution in [1.29, 1.82) is 0 Å². The van der Waals surface area contributed by atoms with Crippen molar-refractivity contribution < 1.29 is 63.4 Å². The summed E-state index contributed by atoms with van der Waals surface area (Å²) >= 11 is 0. The molecule has 0 amide bonds. The van der Waals surface area contributed by atoms with Gasteiger partial charge in [-0.15, -0.1) is 0 Å². The van der Waals surface area contributed by atoms with E-state index in [4.69, 9.17) is 20.8 Å². The minimum Gasteiger partial charge on any atom is -1.00 e. The fraction of sp³-hybridized carbons (Fsp3) is 0.600. The molecule has 4 unspecified atom stereocenters. The van der Waals surface area contributed by atoms with Crippen molar-refractivity contribution >= 4 is 21.9 Å². The molecule has 0 radical (unpaired) electrons. The van der Waals surface area contributed by atoms with Gasteiger partial charge in [0.2, 0.25) is 0 Å². The Labute approximate surface area is 207 Å². The molecule has 11 heteroatoms. The zero-order chi connectivity index (χ0) is 23.1. The number of carbonyl (C=O) groups excluding carboxylic acids is 2. The number of rotatable bonds is 12. The summed E-state index contributed by atoms with van der Waals surface area (Å²) in [5.74, 6) is -3.30. The number of nitrogens with two attached hydrogens (primary N) is 2. The smallest absolute Gasteiger partial charge is 1.00 e. The van der Waals surface area contributed by atoms with Gasteiger partial charge in [0.25, 0.3) is 10.1 Å². The SMILES string of the molecule is CC(C)C[C@@H](N)C(=O)C(C(=O)OCc1ccccc1)C(C)CC(N)C(O)S(=O)(=O)O.[H-].[Na+]. The summed E-state index contributed by atoms with van der Waals surface area (Å²) < 4.78 is 36.6. The molecule has 0 aliphatic rings. The molecule has 0 saturated heterocycles. The summed E-state index contributed by atoms with van der Waals surface area (Å²) in [6.07, 6.45) is 0.125. The van der Waals surface area contributed by atoms with E-state index >= 15 is 0 Å². The van der Waals surface area contributed by atoms with E-state index in [1.165, 1.54) is 6.92 Å². The minimum absolute atomic E-state index is 0. The number of hydrogen-bond acceptors (Lipinski definition) is 8. The molecule has 1 aromatic rings. The molecule has 0 aliphatic carbocycles. The molecule has 6 N–H and O–H groups in total. The van der Waals surface area contributed by atoms with Crippen LogP contribution in [0.15, 0.2) is 30.3 Å². The standard InChI is InChI=1S/C20H32N2O7S.Na.H/c1-12(2)9-15(21)18(23)17(13(3)10-16(22)20(25)30(26,27)28)19(24)29-11-14-7-5-4-6-8-14;;/h4-8,12-13,15-17,20,25H,9-11,21-22H2,1-3H3,(H,26,27,28);;/q;+1;-1/t13?,15-,16?,17?,20?;;/m1../s1. The molecule has 31 heavy (non-hydrogen) atoms. The molecule has 0 bridgehead atoms. The second-order valence-electron chi connectivity index (χ2n) is 7.99. The van der Waals surface area contributed by atoms with Gasteiger partial charge >= 0.3 is 35.5 Å². The third-order valence-corrected chi connectivity index (χ3v) is 5.72. The maximum atomic E-state index is 12.9. The number of ether oxygens (including phenoxy) is 1. The third-order valence-electron chi connectivity index (χ3n) is 4.76. The van der Waals surface area contributed by atoms with Crippen LogP contribution in [-0.4, -0.2) is 47.3 Å². The Balaban J connectivity index is 0. The molecule has 0 saturated carbocycles. The first kappa shape index (κ1) is 30.2. The predicted molar refractivity (Wildman–Crippen MR) is 113 cm³/mol. The second-order valence-corrected chi connectivity index (χ2v) is 9.50. The van der Waals surface area contributed by atoms with Gasteiger partial charge in [0.15, 0.2) is 11.2 Å². The van der Waals surface area contributed by atoms with Crippen molar-refractivity contribution in [2.75, 3.05) is 0 Å². The summed E-state index contributed by atoms with van der Waals surface area (Å²) in [4.78, 5) is 25.7. The van der Waals surface area contributed by atoms with E-state index in [0.717, 1.165) is 5.56 Å². The van der Waals surface area contributed by atoms with Crippen molar-refractivity contribution in [2.24, 2.45) is 29.2 Å². The largest absolute Gasteiger partial charge is 1.00 e. The van der Waals surface area contributed by atoms with Crippen molar-refractivity contribution in [3.63, 3.8) is 0 Å². The van der Waals surface area contributed by atoms with Crippen LogP contribution in [0.4, 0.5) is 0 Å². The maximum absolute atomic E-state index is 12.9. The van der Waals surface area contributed by atoms with E-state index in [-0.39, 0.29) is 49.9 Å². The fourth-order valence-electron chi connectivity index (χ4n) is 3.20. The Hall–Kier alpha value is -0.850. The molecule has 0 spiro atoms. The average Bonchev–Trinajstić information content (AvgIpc) is 2.65. The van der Waals surface area contributed by atoms with Crippen molar-refractivity contribution in [3.8, 4) is 0 Å². The Morgan fingerprint density at radius 3 is 2.13 bits per heavy atom. The zero-order valence-corrected chi connectivity index (χ0v) is 21.3. The Bertz CT molecular complexity index is 811. The first-order chi connectivity index (χ1) is 13.8. The van der Waals surface area contributed by atoms with Gasteiger partial charge in [0.1, 0.15) is 12.5 Å². The summed E-state index contributed by atoms with van der Waals surface area (Å²) in [7, 11) is -4.79. The predicted octanol–water partition coefficient (Wildman–Crippen LogP) is -2.04. The van der Waals surface area contributed by atoms with Gasteiger partial charge in [-0.05, 0) is 30.2 Å².